The summed E-state index contributed by atoms with van der Waals surface area (Å²) in [6.07, 6.45) is 3.74. The van der Waals surface area contributed by atoms with Gasteiger partial charge < -0.3 is 20.7 Å². The Morgan fingerprint density at radius 3 is 2.28 bits per heavy atom. The van der Waals surface area contributed by atoms with E-state index in [1.54, 1.807) is 26.8 Å². The zero-order valence-electron chi connectivity index (χ0n) is 21.2. The molecule has 0 radical (unpaired) electrons. The number of fused-ring (bicyclic) bond motifs is 2. The molecule has 2 fully saturated rings. The first-order valence-corrected chi connectivity index (χ1v) is 12.5. The predicted octanol–water partition coefficient (Wildman–Crippen LogP) is 5.04. The first-order chi connectivity index (χ1) is 17.0. The van der Waals surface area contributed by atoms with Crippen LogP contribution in [0.1, 0.15) is 74.4 Å². The van der Waals surface area contributed by atoms with E-state index in [1.165, 1.54) is 23.1 Å². The highest BCUT2D eigenvalue weighted by atomic mass is 19.1. The van der Waals surface area contributed by atoms with Crippen molar-refractivity contribution in [3.05, 3.63) is 70.8 Å². The van der Waals surface area contributed by atoms with Crippen molar-refractivity contribution in [2.75, 3.05) is 6.54 Å². The first-order valence-electron chi connectivity index (χ1n) is 12.5. The molecular weight excluding hydrogens is 464 g/mol. The summed E-state index contributed by atoms with van der Waals surface area (Å²) in [5.74, 6) is -1.89. The Bertz CT molecular complexity index is 1100. The van der Waals surface area contributed by atoms with Gasteiger partial charge in [0, 0.05) is 29.8 Å². The van der Waals surface area contributed by atoms with Crippen LogP contribution in [0.5, 0.6) is 0 Å². The van der Waals surface area contributed by atoms with Crippen LogP contribution >= 0.6 is 0 Å². The van der Waals surface area contributed by atoms with E-state index in [2.05, 4.69) is 5.32 Å². The van der Waals surface area contributed by atoms with Gasteiger partial charge in [-0.2, -0.15) is 0 Å². The zero-order valence-corrected chi connectivity index (χ0v) is 21.2. The lowest BCUT2D eigenvalue weighted by molar-refractivity contribution is 0.0208. The predicted molar refractivity (Wildman–Crippen MR) is 133 cm³/mol. The van der Waals surface area contributed by atoms with Crippen molar-refractivity contribution >= 4 is 12.0 Å². The largest absolute Gasteiger partial charge is 0.444 e. The minimum absolute atomic E-state index is 0.168. The minimum atomic E-state index is -0.759. The molecule has 0 aromatic heterocycles. The summed E-state index contributed by atoms with van der Waals surface area (Å²) >= 11 is 0. The van der Waals surface area contributed by atoms with E-state index in [1.807, 2.05) is 18.2 Å². The van der Waals surface area contributed by atoms with Crippen molar-refractivity contribution in [3.8, 4) is 0 Å². The number of carbonyl (C=O) groups excluding carboxylic acids is 2. The van der Waals surface area contributed by atoms with Gasteiger partial charge in [-0.05, 0) is 88.1 Å². The Morgan fingerprint density at radius 2 is 1.69 bits per heavy atom. The van der Waals surface area contributed by atoms with Gasteiger partial charge >= 0.3 is 6.09 Å². The Morgan fingerprint density at radius 1 is 1.08 bits per heavy atom. The van der Waals surface area contributed by atoms with Crippen molar-refractivity contribution in [1.29, 1.82) is 0 Å². The molecule has 1 unspecified atom stereocenters. The fraction of sp³-hybridized carbons (Fsp3) is 0.500. The molecule has 2 aliphatic rings. The number of nitrogens with zero attached hydrogens (tertiary/aromatic N) is 1. The number of benzene rings is 2. The van der Waals surface area contributed by atoms with E-state index in [0.717, 1.165) is 31.2 Å². The van der Waals surface area contributed by atoms with Crippen molar-refractivity contribution < 1.29 is 23.1 Å². The van der Waals surface area contributed by atoms with Gasteiger partial charge in [0.2, 0.25) is 5.91 Å². The molecule has 36 heavy (non-hydrogen) atoms. The highest BCUT2D eigenvalue weighted by Crippen LogP contribution is 2.45. The number of nitrogens with one attached hydrogen (secondary N) is 1. The van der Waals surface area contributed by atoms with E-state index in [0.29, 0.717) is 24.1 Å². The molecule has 0 aliphatic carbocycles. The minimum Gasteiger partial charge on any atom is -0.444 e. The summed E-state index contributed by atoms with van der Waals surface area (Å²) in [5, 5.41) is 3.65. The maximum Gasteiger partial charge on any atom is 0.410 e. The number of hydrogen-bond donors (Lipinski definition) is 2. The molecule has 2 heterocycles. The van der Waals surface area contributed by atoms with Crippen LogP contribution < -0.4 is 11.1 Å². The Labute approximate surface area is 211 Å². The average Bonchev–Trinajstić information content (AvgIpc) is 3.15. The fourth-order valence-electron chi connectivity index (χ4n) is 5.62. The summed E-state index contributed by atoms with van der Waals surface area (Å²) in [5.41, 5.74) is 5.75. The van der Waals surface area contributed by atoms with Crippen molar-refractivity contribution in [2.24, 2.45) is 5.73 Å². The normalized spacial score (nSPS) is 23.4. The van der Waals surface area contributed by atoms with E-state index in [9.17, 15) is 18.4 Å². The van der Waals surface area contributed by atoms with Crippen molar-refractivity contribution in [3.63, 3.8) is 0 Å². The van der Waals surface area contributed by atoms with Crippen LogP contribution in [0, 0.1) is 11.6 Å². The van der Waals surface area contributed by atoms with Gasteiger partial charge in [-0.3, -0.25) is 4.79 Å². The summed E-state index contributed by atoms with van der Waals surface area (Å²) in [7, 11) is 0. The SMILES string of the molecule is CC(C)(C)OC(=O)N(CCC1(c2cccc(C(N)=O)c2)C[C@H]2CC[C@@H](C1)N2)Cc1c(F)cccc1F. The molecule has 2 saturated heterocycles. The Hall–Kier alpha value is -3.00. The number of carbonyl (C=O) groups is 2. The molecule has 3 atom stereocenters. The number of halogens is 2. The Balaban J connectivity index is 1.65. The van der Waals surface area contributed by atoms with Crippen LogP contribution in [-0.2, 0) is 16.7 Å². The third-order valence-electron chi connectivity index (χ3n) is 7.29. The van der Waals surface area contributed by atoms with Crippen LogP contribution in [0.4, 0.5) is 13.6 Å². The molecule has 194 valence electrons. The van der Waals surface area contributed by atoms with Gasteiger partial charge in [-0.25, -0.2) is 13.6 Å². The molecule has 4 rings (SSSR count). The molecule has 6 nitrogen and oxygen atoms in total. The second kappa shape index (κ2) is 10.2. The third-order valence-corrected chi connectivity index (χ3v) is 7.29. The molecule has 2 aromatic carbocycles. The van der Waals surface area contributed by atoms with Gasteiger partial charge in [0.15, 0.2) is 0 Å². The number of ether oxygens (including phenoxy) is 1. The highest BCUT2D eigenvalue weighted by Gasteiger charge is 2.45. The fourth-order valence-corrected chi connectivity index (χ4v) is 5.62. The van der Waals surface area contributed by atoms with Crippen LogP contribution in [0.25, 0.3) is 0 Å². The van der Waals surface area contributed by atoms with Crippen LogP contribution in [0.2, 0.25) is 0 Å². The maximum atomic E-state index is 14.5. The number of primary amides is 1. The monoisotopic (exact) mass is 499 g/mol. The molecule has 2 aliphatic heterocycles. The molecular formula is C28H35F2N3O3. The standard InChI is InChI=1S/C28H35F2N3O3/c1-27(2,3)36-26(35)33(17-22-23(29)8-5-9-24(22)30)13-12-28(15-20-10-11-21(16-28)32-20)19-7-4-6-18(14-19)25(31)34/h4-9,14,20-21,32H,10-13,15-17H2,1-3H3,(H2,31,34)/t20-,21+,28?. The molecule has 2 aromatic rings. The number of amides is 2. The maximum absolute atomic E-state index is 14.5. The van der Waals surface area contributed by atoms with E-state index in [4.69, 9.17) is 10.5 Å². The summed E-state index contributed by atoms with van der Waals surface area (Å²) in [6.45, 7) is 5.27. The third kappa shape index (κ3) is 5.86. The second-order valence-electron chi connectivity index (χ2n) is 11.1. The molecule has 3 N–H and O–H groups in total. The summed E-state index contributed by atoms with van der Waals surface area (Å²) in [6, 6.07) is 11.7. The lowest BCUT2D eigenvalue weighted by Crippen LogP contribution is -2.48. The number of piperidine rings is 1. The number of hydrogen-bond acceptors (Lipinski definition) is 4. The quantitative estimate of drug-likeness (QED) is 0.559. The van der Waals surface area contributed by atoms with E-state index >= 15 is 0 Å². The smallest absolute Gasteiger partial charge is 0.410 e. The van der Waals surface area contributed by atoms with Crippen LogP contribution in [0.3, 0.4) is 0 Å². The van der Waals surface area contributed by atoms with Gasteiger partial charge in [-0.1, -0.05) is 18.2 Å². The molecule has 2 bridgehead atoms. The number of nitrogens with two attached hydrogens (primary N) is 1. The average molecular weight is 500 g/mol. The first kappa shape index (κ1) is 26.1. The van der Waals surface area contributed by atoms with Gasteiger partial charge in [0.1, 0.15) is 17.2 Å². The molecule has 0 spiro atoms. The molecule has 0 saturated carbocycles. The van der Waals surface area contributed by atoms with Gasteiger partial charge in [-0.15, -0.1) is 0 Å². The molecule has 2 amide bonds. The van der Waals surface area contributed by atoms with E-state index in [-0.39, 0.29) is 24.1 Å². The molecule has 8 heteroatoms. The topological polar surface area (TPSA) is 84.7 Å². The van der Waals surface area contributed by atoms with Crippen molar-refractivity contribution in [1.82, 2.24) is 10.2 Å². The second-order valence-corrected chi connectivity index (χ2v) is 11.1. The summed E-state index contributed by atoms with van der Waals surface area (Å²) in [4.78, 5) is 26.5. The highest BCUT2D eigenvalue weighted by molar-refractivity contribution is 5.93. The number of rotatable bonds is 7. The zero-order chi connectivity index (χ0) is 26.1. The summed E-state index contributed by atoms with van der Waals surface area (Å²) < 4.78 is 34.6. The lowest BCUT2D eigenvalue weighted by atomic mass is 9.68. The van der Waals surface area contributed by atoms with Crippen molar-refractivity contribution in [2.45, 2.75) is 82.5 Å². The van der Waals surface area contributed by atoms with Crippen LogP contribution in [-0.4, -0.2) is 41.1 Å². The lowest BCUT2D eigenvalue weighted by Gasteiger charge is -2.43. The van der Waals surface area contributed by atoms with Crippen LogP contribution in [0.15, 0.2) is 42.5 Å². The Kier molecular flexibility index (Phi) is 7.36. The van der Waals surface area contributed by atoms with Gasteiger partial charge in [0.25, 0.3) is 0 Å². The van der Waals surface area contributed by atoms with Gasteiger partial charge in [0.05, 0.1) is 6.54 Å². The van der Waals surface area contributed by atoms with E-state index < -0.39 is 29.2 Å².